The highest BCUT2D eigenvalue weighted by Crippen LogP contribution is 2.28. The van der Waals surface area contributed by atoms with Gasteiger partial charge in [0, 0.05) is 36.8 Å². The number of carbonyl (C=O) groups excluding carboxylic acids is 2. The van der Waals surface area contributed by atoms with Gasteiger partial charge in [0.2, 0.25) is 0 Å². The maximum absolute atomic E-state index is 12.8. The second kappa shape index (κ2) is 10.8. The molecule has 8 heteroatoms. The minimum absolute atomic E-state index is 0. The maximum Gasteiger partial charge on any atom is 0.253 e. The first-order chi connectivity index (χ1) is 14.0. The summed E-state index contributed by atoms with van der Waals surface area (Å²) in [5.41, 5.74) is 7.76. The number of benzene rings is 2. The minimum Gasteiger partial charge on any atom is -0.493 e. The Labute approximate surface area is 182 Å². The molecule has 0 aliphatic carbocycles. The van der Waals surface area contributed by atoms with Crippen LogP contribution in [0.1, 0.15) is 39.1 Å². The number of rotatable bonds is 6. The quantitative estimate of drug-likeness (QED) is 0.730. The van der Waals surface area contributed by atoms with E-state index in [1.807, 2.05) is 12.1 Å². The molecule has 1 fully saturated rings. The number of nitrogens with one attached hydrogen (secondary N) is 1. The van der Waals surface area contributed by atoms with E-state index in [0.717, 1.165) is 5.56 Å². The van der Waals surface area contributed by atoms with Crippen molar-refractivity contribution in [3.8, 4) is 11.5 Å². The number of nitrogens with zero attached hydrogens (tertiary/aromatic N) is 1. The molecule has 30 heavy (non-hydrogen) atoms. The lowest BCUT2D eigenvalue weighted by Crippen LogP contribution is -2.46. The van der Waals surface area contributed by atoms with Crippen molar-refractivity contribution in [1.29, 1.82) is 0 Å². The summed E-state index contributed by atoms with van der Waals surface area (Å²) in [6.07, 6.45) is 1.43. The third-order valence-corrected chi connectivity index (χ3v) is 5.20. The average molecular weight is 434 g/mol. The van der Waals surface area contributed by atoms with Crippen LogP contribution >= 0.6 is 12.4 Å². The lowest BCUT2D eigenvalue weighted by Gasteiger charge is -2.32. The van der Waals surface area contributed by atoms with E-state index in [-0.39, 0.29) is 30.3 Å². The van der Waals surface area contributed by atoms with Gasteiger partial charge < -0.3 is 25.4 Å². The van der Waals surface area contributed by atoms with E-state index in [2.05, 4.69) is 5.32 Å². The summed E-state index contributed by atoms with van der Waals surface area (Å²) in [6, 6.07) is 12.5. The monoisotopic (exact) mass is 433 g/mol. The van der Waals surface area contributed by atoms with E-state index in [4.69, 9.17) is 15.2 Å². The number of ether oxygens (including phenoxy) is 2. The van der Waals surface area contributed by atoms with Crippen LogP contribution in [0.15, 0.2) is 42.5 Å². The molecule has 0 bridgehead atoms. The van der Waals surface area contributed by atoms with Gasteiger partial charge in [-0.15, -0.1) is 12.4 Å². The van der Waals surface area contributed by atoms with Gasteiger partial charge in [-0.1, -0.05) is 12.1 Å². The molecule has 1 heterocycles. The number of hydrogen-bond donors (Lipinski definition) is 2. The molecule has 0 unspecified atom stereocenters. The Morgan fingerprint density at radius 2 is 1.60 bits per heavy atom. The number of carbonyl (C=O) groups is 2. The van der Waals surface area contributed by atoms with Crippen LogP contribution in [0.5, 0.6) is 11.5 Å². The summed E-state index contributed by atoms with van der Waals surface area (Å²) in [5.74, 6) is 0.970. The molecule has 0 saturated carbocycles. The standard InChI is InChI=1S/C22H27N3O4.ClH/c1-28-19-8-7-17(13-20(19)29-2)22(27)25-11-9-18(10-12-25)24-21(26)16-5-3-15(14-23)4-6-16;/h3-8,13,18H,9-12,14,23H2,1-2H3,(H,24,26);1H. The summed E-state index contributed by atoms with van der Waals surface area (Å²) >= 11 is 0. The lowest BCUT2D eigenvalue weighted by atomic mass is 10.0. The fourth-order valence-electron chi connectivity index (χ4n) is 3.44. The van der Waals surface area contributed by atoms with Crippen molar-refractivity contribution in [3.05, 3.63) is 59.2 Å². The Kier molecular flexibility index (Phi) is 8.50. The largest absolute Gasteiger partial charge is 0.493 e. The number of likely N-dealkylation sites (tertiary alicyclic amines) is 1. The van der Waals surface area contributed by atoms with E-state index >= 15 is 0 Å². The van der Waals surface area contributed by atoms with Crippen molar-refractivity contribution in [2.24, 2.45) is 5.73 Å². The highest BCUT2D eigenvalue weighted by Gasteiger charge is 2.25. The van der Waals surface area contributed by atoms with Gasteiger partial charge in [0.1, 0.15) is 0 Å². The molecule has 7 nitrogen and oxygen atoms in total. The van der Waals surface area contributed by atoms with Crippen molar-refractivity contribution in [2.45, 2.75) is 25.4 Å². The summed E-state index contributed by atoms with van der Waals surface area (Å²) < 4.78 is 10.5. The van der Waals surface area contributed by atoms with E-state index in [1.54, 1.807) is 49.5 Å². The van der Waals surface area contributed by atoms with Gasteiger partial charge in [-0.3, -0.25) is 9.59 Å². The third kappa shape index (κ3) is 5.43. The Balaban J connectivity index is 0.00000320. The van der Waals surface area contributed by atoms with Crippen LogP contribution in [0, 0.1) is 0 Å². The molecule has 162 valence electrons. The molecule has 1 saturated heterocycles. The maximum atomic E-state index is 12.8. The Bertz CT molecular complexity index is 865. The molecule has 3 N–H and O–H groups in total. The van der Waals surface area contributed by atoms with Crippen molar-refractivity contribution >= 4 is 24.2 Å². The SMILES string of the molecule is COc1ccc(C(=O)N2CCC(NC(=O)c3ccc(CN)cc3)CC2)cc1OC.Cl. The number of amides is 2. The molecule has 3 rings (SSSR count). The lowest BCUT2D eigenvalue weighted by molar-refractivity contribution is 0.0697. The van der Waals surface area contributed by atoms with Gasteiger partial charge in [-0.25, -0.2) is 0 Å². The third-order valence-electron chi connectivity index (χ3n) is 5.20. The van der Waals surface area contributed by atoms with Crippen LogP contribution in [0.25, 0.3) is 0 Å². The predicted octanol–water partition coefficient (Wildman–Crippen LogP) is 2.62. The molecule has 2 aromatic rings. The Hall–Kier alpha value is -2.77. The number of nitrogens with two attached hydrogens (primary N) is 1. The van der Waals surface area contributed by atoms with Gasteiger partial charge >= 0.3 is 0 Å². The molecule has 0 aromatic heterocycles. The Morgan fingerprint density at radius 3 is 2.17 bits per heavy atom. The van der Waals surface area contributed by atoms with Crippen molar-refractivity contribution in [2.75, 3.05) is 27.3 Å². The first-order valence-corrected chi connectivity index (χ1v) is 9.67. The topological polar surface area (TPSA) is 93.9 Å². The molecule has 0 spiro atoms. The van der Waals surface area contributed by atoms with Crippen LogP contribution in [-0.2, 0) is 6.54 Å². The first kappa shape index (κ1) is 23.5. The summed E-state index contributed by atoms with van der Waals surface area (Å²) in [7, 11) is 3.11. The minimum atomic E-state index is -0.0989. The van der Waals surface area contributed by atoms with E-state index in [9.17, 15) is 9.59 Å². The van der Waals surface area contributed by atoms with Crippen LogP contribution in [-0.4, -0.2) is 50.1 Å². The molecule has 2 aromatic carbocycles. The van der Waals surface area contributed by atoms with Crippen molar-refractivity contribution < 1.29 is 19.1 Å². The van der Waals surface area contributed by atoms with Gasteiger partial charge in [0.05, 0.1) is 14.2 Å². The zero-order valence-corrected chi connectivity index (χ0v) is 18.0. The predicted molar refractivity (Wildman–Crippen MR) is 118 cm³/mol. The van der Waals surface area contributed by atoms with Gasteiger partial charge in [-0.2, -0.15) is 0 Å². The van der Waals surface area contributed by atoms with Gasteiger partial charge in [0.15, 0.2) is 11.5 Å². The van der Waals surface area contributed by atoms with Crippen molar-refractivity contribution in [1.82, 2.24) is 10.2 Å². The second-order valence-electron chi connectivity index (χ2n) is 7.01. The number of halogens is 1. The summed E-state index contributed by atoms with van der Waals surface area (Å²) in [4.78, 5) is 27.0. The highest BCUT2D eigenvalue weighted by molar-refractivity contribution is 5.95. The average Bonchev–Trinajstić information content (AvgIpc) is 2.78. The normalized spacial score (nSPS) is 13.9. The zero-order chi connectivity index (χ0) is 20.8. The number of hydrogen-bond acceptors (Lipinski definition) is 5. The molecule has 0 radical (unpaired) electrons. The fraction of sp³-hybridized carbons (Fsp3) is 0.364. The smallest absolute Gasteiger partial charge is 0.253 e. The Morgan fingerprint density at radius 1 is 1.00 bits per heavy atom. The van der Waals surface area contributed by atoms with Gasteiger partial charge in [-0.05, 0) is 48.7 Å². The summed E-state index contributed by atoms with van der Waals surface area (Å²) in [5, 5.41) is 3.06. The van der Waals surface area contributed by atoms with Crippen molar-refractivity contribution in [3.63, 3.8) is 0 Å². The molecule has 1 aliphatic rings. The first-order valence-electron chi connectivity index (χ1n) is 9.67. The fourth-order valence-corrected chi connectivity index (χ4v) is 3.44. The molecular weight excluding hydrogens is 406 g/mol. The van der Waals surface area contributed by atoms with E-state index in [0.29, 0.717) is 55.1 Å². The van der Waals surface area contributed by atoms with E-state index < -0.39 is 0 Å². The zero-order valence-electron chi connectivity index (χ0n) is 17.2. The molecule has 2 amide bonds. The molecular formula is C22H28ClN3O4. The highest BCUT2D eigenvalue weighted by atomic mass is 35.5. The molecule has 1 aliphatic heterocycles. The van der Waals surface area contributed by atoms with Crippen LogP contribution < -0.4 is 20.5 Å². The van der Waals surface area contributed by atoms with Crippen LogP contribution in [0.3, 0.4) is 0 Å². The molecule has 0 atom stereocenters. The van der Waals surface area contributed by atoms with Crippen LogP contribution in [0.4, 0.5) is 0 Å². The van der Waals surface area contributed by atoms with Crippen LogP contribution in [0.2, 0.25) is 0 Å². The van der Waals surface area contributed by atoms with E-state index in [1.165, 1.54) is 0 Å². The van der Waals surface area contributed by atoms with Gasteiger partial charge in [0.25, 0.3) is 11.8 Å². The number of methoxy groups -OCH3 is 2. The second-order valence-corrected chi connectivity index (χ2v) is 7.01. The number of piperidine rings is 1. The summed E-state index contributed by atoms with van der Waals surface area (Å²) in [6.45, 7) is 1.63.